The van der Waals surface area contributed by atoms with Crippen molar-refractivity contribution in [1.82, 2.24) is 0 Å². The summed E-state index contributed by atoms with van der Waals surface area (Å²) in [6.07, 6.45) is 0. The van der Waals surface area contributed by atoms with Crippen molar-refractivity contribution in [2.45, 2.75) is 0 Å². The Morgan fingerprint density at radius 3 is 2.20 bits per heavy atom. The van der Waals surface area contributed by atoms with Gasteiger partial charge in [0.1, 0.15) is 17.5 Å². The number of amides is 1. The number of ether oxygens (including phenoxy) is 1. The molecule has 35 heavy (non-hydrogen) atoms. The van der Waals surface area contributed by atoms with E-state index in [1.54, 1.807) is 66.7 Å². The van der Waals surface area contributed by atoms with E-state index in [4.69, 9.17) is 4.74 Å². The van der Waals surface area contributed by atoms with E-state index < -0.39 is 18.4 Å². The second-order valence-electron chi connectivity index (χ2n) is 7.78. The van der Waals surface area contributed by atoms with Crippen molar-refractivity contribution in [1.29, 1.82) is 5.26 Å². The average molecular weight is 487 g/mol. The molecule has 8 nitrogen and oxygen atoms in total. The highest BCUT2D eigenvalue weighted by molar-refractivity contribution is 7.12. The van der Waals surface area contributed by atoms with Gasteiger partial charge in [0.15, 0.2) is 6.61 Å². The molecule has 0 spiro atoms. The molecule has 1 aliphatic rings. The summed E-state index contributed by atoms with van der Waals surface area (Å²) >= 11 is 1.30. The monoisotopic (exact) mass is 486 g/mol. The van der Waals surface area contributed by atoms with Gasteiger partial charge in [-0.05, 0) is 35.7 Å². The van der Waals surface area contributed by atoms with Gasteiger partial charge in [0, 0.05) is 21.1 Å². The third-order valence-corrected chi connectivity index (χ3v) is 6.57. The van der Waals surface area contributed by atoms with E-state index in [-0.39, 0.29) is 17.0 Å². The maximum absolute atomic E-state index is 12.9. The Labute approximate surface area is 206 Å². The Balaban J connectivity index is 1.53. The number of nitrogens with zero attached hydrogens (tertiary/aromatic N) is 4. The van der Waals surface area contributed by atoms with E-state index in [0.717, 1.165) is 11.4 Å². The van der Waals surface area contributed by atoms with E-state index in [2.05, 4.69) is 0 Å². The maximum atomic E-state index is 12.9. The Morgan fingerprint density at radius 2 is 1.60 bits per heavy atom. The minimum Gasteiger partial charge on any atom is -0.454 e. The summed E-state index contributed by atoms with van der Waals surface area (Å²) in [6.45, 7) is -0.611. The molecule has 0 saturated carbocycles. The van der Waals surface area contributed by atoms with Crippen LogP contribution < -0.4 is 14.7 Å². The fourth-order valence-corrected chi connectivity index (χ4v) is 4.65. The quantitative estimate of drug-likeness (QED) is 0.294. The fourth-order valence-electron chi connectivity index (χ4n) is 3.95. The fraction of sp³-hybridized carbons (Fsp3) is 0.154. The van der Waals surface area contributed by atoms with E-state index in [1.165, 1.54) is 22.3 Å². The molecule has 0 N–H and O–H groups in total. The lowest BCUT2D eigenvalue weighted by atomic mass is 10.1. The van der Waals surface area contributed by atoms with Gasteiger partial charge in [-0.25, -0.2) is 4.79 Å². The molecule has 1 aliphatic heterocycles. The Kier molecular flexibility index (Phi) is 6.66. The Morgan fingerprint density at radius 1 is 0.971 bits per heavy atom. The van der Waals surface area contributed by atoms with Crippen LogP contribution >= 0.6 is 11.3 Å². The minimum atomic E-state index is -0.765. The third kappa shape index (κ3) is 4.39. The number of anilines is 3. The van der Waals surface area contributed by atoms with Crippen molar-refractivity contribution >= 4 is 46.1 Å². The van der Waals surface area contributed by atoms with Crippen LogP contribution in [0, 0.1) is 11.3 Å². The van der Waals surface area contributed by atoms with Crippen molar-refractivity contribution in [3.63, 3.8) is 0 Å². The van der Waals surface area contributed by atoms with Crippen LogP contribution in [0.15, 0.2) is 77.4 Å². The second kappa shape index (κ2) is 9.83. The molecule has 4 rings (SSSR count). The van der Waals surface area contributed by atoms with Crippen molar-refractivity contribution in [3.05, 3.63) is 87.9 Å². The summed E-state index contributed by atoms with van der Waals surface area (Å²) in [5.41, 5.74) is 2.09. The summed E-state index contributed by atoms with van der Waals surface area (Å²) in [5.74, 6) is -1.24. The number of rotatable bonds is 6. The second-order valence-corrected chi connectivity index (χ2v) is 8.72. The number of fused-ring (bicyclic) bond motifs is 1. The summed E-state index contributed by atoms with van der Waals surface area (Å²) < 4.78 is 5.29. The highest BCUT2D eigenvalue weighted by atomic mass is 32.1. The van der Waals surface area contributed by atoms with Crippen molar-refractivity contribution < 1.29 is 19.1 Å². The number of hydrogen-bond donors (Lipinski definition) is 0. The first-order chi connectivity index (χ1) is 16.8. The molecule has 3 aromatic rings. The number of para-hydroxylation sites is 3. The summed E-state index contributed by atoms with van der Waals surface area (Å²) in [5, 5.41) is 11.6. The number of nitriles is 1. The predicted molar refractivity (Wildman–Crippen MR) is 135 cm³/mol. The zero-order valence-electron chi connectivity index (χ0n) is 19.4. The standard InChI is InChI=1S/C26H22N4O4S/c1-28-20-11-6-7-12-21(20)29(2)24(28)18(15-27)22(31)16-34-26(33)17-9-4-5-10-19(17)30(3)25(32)23-13-8-14-35-23/h4-14H,16H2,1-3H3. The number of ketones is 1. The van der Waals surface area contributed by atoms with Crippen molar-refractivity contribution in [3.8, 4) is 6.07 Å². The zero-order valence-corrected chi connectivity index (χ0v) is 20.2. The molecule has 0 unspecified atom stereocenters. The normalized spacial score (nSPS) is 12.1. The zero-order chi connectivity index (χ0) is 25.1. The van der Waals surface area contributed by atoms with Crippen LogP contribution in [0.5, 0.6) is 0 Å². The van der Waals surface area contributed by atoms with Crippen LogP contribution in [0.4, 0.5) is 17.1 Å². The van der Waals surface area contributed by atoms with Gasteiger partial charge in [-0.1, -0.05) is 30.3 Å². The van der Waals surface area contributed by atoms with Crippen LogP contribution in [0.3, 0.4) is 0 Å². The van der Waals surface area contributed by atoms with Gasteiger partial charge in [-0.3, -0.25) is 9.59 Å². The van der Waals surface area contributed by atoms with E-state index in [0.29, 0.717) is 16.4 Å². The van der Waals surface area contributed by atoms with Gasteiger partial charge in [0.2, 0.25) is 5.78 Å². The third-order valence-electron chi connectivity index (χ3n) is 5.71. The first-order valence-electron chi connectivity index (χ1n) is 10.7. The molecular formula is C26H22N4O4S. The minimum absolute atomic E-state index is 0.114. The predicted octanol–water partition coefficient (Wildman–Crippen LogP) is 4.07. The average Bonchev–Trinajstić information content (AvgIpc) is 3.51. The number of Topliss-reactive ketones (excluding diaryl/α,β-unsaturated/α-hetero) is 1. The van der Waals surface area contributed by atoms with Crippen molar-refractivity contribution in [2.75, 3.05) is 42.4 Å². The van der Waals surface area contributed by atoms with E-state index in [1.807, 2.05) is 30.3 Å². The molecule has 0 saturated heterocycles. The number of carbonyl (C=O) groups is 3. The number of benzene rings is 2. The highest BCUT2D eigenvalue weighted by Crippen LogP contribution is 2.40. The molecule has 1 amide bonds. The highest BCUT2D eigenvalue weighted by Gasteiger charge is 2.32. The molecule has 0 radical (unpaired) electrons. The van der Waals surface area contributed by atoms with Gasteiger partial charge in [-0.15, -0.1) is 11.3 Å². The first kappa shape index (κ1) is 23.7. The summed E-state index contributed by atoms with van der Waals surface area (Å²) in [4.78, 5) is 44.0. The Hall–Kier alpha value is -4.42. The van der Waals surface area contributed by atoms with Gasteiger partial charge in [-0.2, -0.15) is 5.26 Å². The molecule has 0 bridgehead atoms. The van der Waals surface area contributed by atoms with E-state index >= 15 is 0 Å². The number of carbonyl (C=O) groups excluding carboxylic acids is 3. The van der Waals surface area contributed by atoms with E-state index in [9.17, 15) is 19.6 Å². The molecule has 1 aromatic heterocycles. The largest absolute Gasteiger partial charge is 0.454 e. The summed E-state index contributed by atoms with van der Waals surface area (Å²) in [7, 11) is 5.11. The van der Waals surface area contributed by atoms with Crippen LogP contribution in [0.2, 0.25) is 0 Å². The van der Waals surface area contributed by atoms with Crippen LogP contribution in [-0.4, -0.2) is 45.4 Å². The molecule has 0 fully saturated rings. The maximum Gasteiger partial charge on any atom is 0.340 e. The number of hydrogen-bond acceptors (Lipinski definition) is 8. The summed E-state index contributed by atoms with van der Waals surface area (Å²) in [6, 6.07) is 19.5. The Bertz CT molecular complexity index is 1340. The molecule has 0 atom stereocenters. The molecule has 0 aliphatic carbocycles. The molecule has 2 aromatic carbocycles. The molecular weight excluding hydrogens is 464 g/mol. The smallest absolute Gasteiger partial charge is 0.340 e. The van der Waals surface area contributed by atoms with Crippen LogP contribution in [0.1, 0.15) is 20.0 Å². The van der Waals surface area contributed by atoms with Crippen LogP contribution in [-0.2, 0) is 9.53 Å². The lowest BCUT2D eigenvalue weighted by Crippen LogP contribution is -2.29. The number of esters is 1. The SMILES string of the molecule is CN(C(=O)c1cccs1)c1ccccc1C(=O)OCC(=O)C(C#N)=C1N(C)c2ccccc2N1C. The lowest BCUT2D eigenvalue weighted by molar-refractivity contribution is -0.118. The first-order valence-corrected chi connectivity index (χ1v) is 11.5. The topological polar surface area (TPSA) is 93.9 Å². The van der Waals surface area contributed by atoms with Gasteiger partial charge in [0.05, 0.1) is 27.5 Å². The molecule has 176 valence electrons. The van der Waals surface area contributed by atoms with Gasteiger partial charge in [0.25, 0.3) is 5.91 Å². The molecule has 2 heterocycles. The van der Waals surface area contributed by atoms with Gasteiger partial charge < -0.3 is 19.4 Å². The van der Waals surface area contributed by atoms with Crippen molar-refractivity contribution in [2.24, 2.45) is 0 Å². The lowest BCUT2D eigenvalue weighted by Gasteiger charge is -2.20. The molecule has 9 heteroatoms. The van der Waals surface area contributed by atoms with Gasteiger partial charge >= 0.3 is 5.97 Å². The number of thiophene rings is 1. The van der Waals surface area contributed by atoms with Crippen LogP contribution in [0.25, 0.3) is 0 Å².